The highest BCUT2D eigenvalue weighted by Gasteiger charge is 2.44. The van der Waals surface area contributed by atoms with Gasteiger partial charge in [0.1, 0.15) is 5.76 Å². The smallest absolute Gasteiger partial charge is 0.114 e. The predicted octanol–water partition coefficient (Wildman–Crippen LogP) is 1.23. The van der Waals surface area contributed by atoms with Gasteiger partial charge in [-0.2, -0.15) is 0 Å². The van der Waals surface area contributed by atoms with Gasteiger partial charge in [0, 0.05) is 32.2 Å². The average Bonchev–Trinajstić information content (AvgIpc) is 2.88. The Morgan fingerprint density at radius 1 is 1.39 bits per heavy atom. The molecule has 3 rings (SSSR count). The molecule has 0 aliphatic carbocycles. The van der Waals surface area contributed by atoms with E-state index in [2.05, 4.69) is 23.2 Å². The molecule has 0 aromatic carbocycles. The zero-order valence-corrected chi connectivity index (χ0v) is 11.0. The zero-order chi connectivity index (χ0) is 12.4. The van der Waals surface area contributed by atoms with Gasteiger partial charge < -0.3 is 14.5 Å². The van der Waals surface area contributed by atoms with E-state index in [1.54, 1.807) is 6.26 Å². The molecule has 18 heavy (non-hydrogen) atoms. The first-order chi connectivity index (χ1) is 8.80. The molecule has 1 aromatic rings. The largest absolute Gasteiger partial charge is 0.469 e. The standard InChI is InChI=1S/C14H22N2O2/c1-12(16-6-4-15-5-7-16)9-14(10-17-11-14)13-3-2-8-18-13/h2-3,8,12,15H,4-7,9-11H2,1H3. The minimum atomic E-state index is 0.119. The SMILES string of the molecule is CC(CC1(c2ccco2)COC1)N1CCNCC1. The molecule has 3 heterocycles. The van der Waals surface area contributed by atoms with Crippen LogP contribution < -0.4 is 5.32 Å². The van der Waals surface area contributed by atoms with Crippen LogP contribution in [0, 0.1) is 0 Å². The van der Waals surface area contributed by atoms with Gasteiger partial charge in [-0.25, -0.2) is 0 Å². The Kier molecular flexibility index (Phi) is 3.41. The van der Waals surface area contributed by atoms with E-state index in [4.69, 9.17) is 9.15 Å². The van der Waals surface area contributed by atoms with Gasteiger partial charge in [-0.1, -0.05) is 0 Å². The molecule has 100 valence electrons. The summed E-state index contributed by atoms with van der Waals surface area (Å²) < 4.78 is 11.1. The van der Waals surface area contributed by atoms with Crippen molar-refractivity contribution in [3.63, 3.8) is 0 Å². The molecule has 0 saturated carbocycles. The predicted molar refractivity (Wildman–Crippen MR) is 69.7 cm³/mol. The van der Waals surface area contributed by atoms with Crippen LogP contribution in [0.2, 0.25) is 0 Å². The Labute approximate surface area is 108 Å². The van der Waals surface area contributed by atoms with Gasteiger partial charge in [0.25, 0.3) is 0 Å². The molecule has 1 unspecified atom stereocenters. The molecule has 4 nitrogen and oxygen atoms in total. The van der Waals surface area contributed by atoms with Crippen LogP contribution in [0.3, 0.4) is 0 Å². The van der Waals surface area contributed by atoms with E-state index in [1.165, 1.54) is 0 Å². The molecule has 2 fully saturated rings. The van der Waals surface area contributed by atoms with Crippen molar-refractivity contribution in [3.8, 4) is 0 Å². The van der Waals surface area contributed by atoms with Gasteiger partial charge in [0.15, 0.2) is 0 Å². The summed E-state index contributed by atoms with van der Waals surface area (Å²) >= 11 is 0. The van der Waals surface area contributed by atoms with Gasteiger partial charge in [0.2, 0.25) is 0 Å². The van der Waals surface area contributed by atoms with Crippen molar-refractivity contribution in [1.82, 2.24) is 10.2 Å². The fourth-order valence-electron chi connectivity index (χ4n) is 3.11. The maximum absolute atomic E-state index is 5.62. The molecule has 0 bridgehead atoms. The highest BCUT2D eigenvalue weighted by molar-refractivity contribution is 5.18. The number of nitrogens with one attached hydrogen (secondary N) is 1. The fraction of sp³-hybridized carbons (Fsp3) is 0.714. The maximum Gasteiger partial charge on any atom is 0.114 e. The monoisotopic (exact) mass is 250 g/mol. The third-order valence-electron chi connectivity index (χ3n) is 4.26. The van der Waals surface area contributed by atoms with Crippen LogP contribution in [0.15, 0.2) is 22.8 Å². The lowest BCUT2D eigenvalue weighted by Gasteiger charge is -2.44. The van der Waals surface area contributed by atoms with Crippen LogP contribution in [0.5, 0.6) is 0 Å². The molecule has 0 radical (unpaired) electrons. The van der Waals surface area contributed by atoms with E-state index < -0.39 is 0 Å². The molecule has 2 saturated heterocycles. The molecule has 1 aromatic heterocycles. The highest BCUT2D eigenvalue weighted by atomic mass is 16.5. The molecule has 1 atom stereocenters. The molecule has 4 heteroatoms. The van der Waals surface area contributed by atoms with Crippen LogP contribution >= 0.6 is 0 Å². The summed E-state index contributed by atoms with van der Waals surface area (Å²) in [5.74, 6) is 1.09. The molecule has 1 N–H and O–H groups in total. The van der Waals surface area contributed by atoms with Crippen LogP contribution in [0.25, 0.3) is 0 Å². The van der Waals surface area contributed by atoms with Gasteiger partial charge in [-0.15, -0.1) is 0 Å². The lowest BCUT2D eigenvalue weighted by molar-refractivity contribution is -0.0841. The van der Waals surface area contributed by atoms with E-state index in [0.29, 0.717) is 6.04 Å². The van der Waals surface area contributed by atoms with Crippen LogP contribution in [0.1, 0.15) is 19.1 Å². The molecule has 2 aliphatic heterocycles. The summed E-state index contributed by atoms with van der Waals surface area (Å²) in [6, 6.07) is 4.65. The summed E-state index contributed by atoms with van der Waals surface area (Å²) in [6.07, 6.45) is 2.89. The molecule has 2 aliphatic rings. The van der Waals surface area contributed by atoms with Crippen molar-refractivity contribution in [2.75, 3.05) is 39.4 Å². The second-order valence-corrected chi connectivity index (χ2v) is 5.59. The van der Waals surface area contributed by atoms with Crippen molar-refractivity contribution >= 4 is 0 Å². The topological polar surface area (TPSA) is 37.6 Å². The summed E-state index contributed by atoms with van der Waals surface area (Å²) in [7, 11) is 0. The average molecular weight is 250 g/mol. The fourth-order valence-corrected chi connectivity index (χ4v) is 3.11. The number of rotatable bonds is 4. The Hall–Kier alpha value is -0.840. The van der Waals surface area contributed by atoms with Crippen LogP contribution in [-0.4, -0.2) is 50.3 Å². The summed E-state index contributed by atoms with van der Waals surface area (Å²) in [5, 5.41) is 3.40. The van der Waals surface area contributed by atoms with E-state index in [9.17, 15) is 0 Å². The Morgan fingerprint density at radius 3 is 2.72 bits per heavy atom. The van der Waals surface area contributed by atoms with Crippen molar-refractivity contribution in [3.05, 3.63) is 24.2 Å². The molecular weight excluding hydrogens is 228 g/mol. The Balaban J connectivity index is 1.66. The van der Waals surface area contributed by atoms with E-state index >= 15 is 0 Å². The van der Waals surface area contributed by atoms with E-state index in [1.807, 2.05) is 6.07 Å². The second-order valence-electron chi connectivity index (χ2n) is 5.59. The first kappa shape index (κ1) is 12.2. The third-order valence-corrected chi connectivity index (χ3v) is 4.26. The first-order valence-electron chi connectivity index (χ1n) is 6.87. The molecule has 0 spiro atoms. The molecule has 0 amide bonds. The number of hydrogen-bond donors (Lipinski definition) is 1. The Bertz CT molecular complexity index is 367. The quantitative estimate of drug-likeness (QED) is 0.872. The Morgan fingerprint density at radius 2 is 2.17 bits per heavy atom. The van der Waals surface area contributed by atoms with Crippen molar-refractivity contribution in [1.29, 1.82) is 0 Å². The number of nitrogens with zero attached hydrogens (tertiary/aromatic N) is 1. The number of ether oxygens (including phenoxy) is 1. The lowest BCUT2D eigenvalue weighted by Crippen LogP contribution is -2.54. The van der Waals surface area contributed by atoms with Crippen molar-refractivity contribution < 1.29 is 9.15 Å². The summed E-state index contributed by atoms with van der Waals surface area (Å²) in [6.45, 7) is 8.44. The van der Waals surface area contributed by atoms with Crippen LogP contribution in [-0.2, 0) is 10.2 Å². The zero-order valence-electron chi connectivity index (χ0n) is 11.0. The van der Waals surface area contributed by atoms with Crippen LogP contribution in [0.4, 0.5) is 0 Å². The highest BCUT2D eigenvalue weighted by Crippen LogP contribution is 2.38. The van der Waals surface area contributed by atoms with Gasteiger partial charge >= 0.3 is 0 Å². The minimum absolute atomic E-state index is 0.119. The minimum Gasteiger partial charge on any atom is -0.469 e. The van der Waals surface area contributed by atoms with Crippen molar-refractivity contribution in [2.45, 2.75) is 24.8 Å². The third kappa shape index (κ3) is 2.20. The van der Waals surface area contributed by atoms with E-state index in [0.717, 1.165) is 51.6 Å². The lowest BCUT2D eigenvalue weighted by atomic mass is 9.77. The number of piperazine rings is 1. The van der Waals surface area contributed by atoms with Crippen molar-refractivity contribution in [2.24, 2.45) is 0 Å². The second kappa shape index (κ2) is 5.03. The maximum atomic E-state index is 5.62. The summed E-state index contributed by atoms with van der Waals surface area (Å²) in [4.78, 5) is 2.57. The van der Waals surface area contributed by atoms with E-state index in [-0.39, 0.29) is 5.41 Å². The van der Waals surface area contributed by atoms with Gasteiger partial charge in [0.05, 0.1) is 24.9 Å². The number of hydrogen-bond acceptors (Lipinski definition) is 4. The normalized spacial score (nSPS) is 25.6. The summed E-state index contributed by atoms with van der Waals surface area (Å²) in [5.41, 5.74) is 0.119. The first-order valence-corrected chi connectivity index (χ1v) is 6.87. The number of furan rings is 1. The molecular formula is C14H22N2O2. The van der Waals surface area contributed by atoms with Gasteiger partial charge in [-0.3, -0.25) is 4.90 Å². The van der Waals surface area contributed by atoms with Gasteiger partial charge in [-0.05, 0) is 25.5 Å².